The van der Waals surface area contributed by atoms with E-state index in [4.69, 9.17) is 133 Å². The molecule has 0 bridgehead atoms. The Balaban J connectivity index is 0.000000174. The molecule has 0 atom stereocenters. The molecule has 32 nitrogen and oxygen atoms in total. The molecule has 0 aliphatic carbocycles. The third-order valence-electron chi connectivity index (χ3n) is 19.7. The highest BCUT2D eigenvalue weighted by Gasteiger charge is 2.31. The molecule has 12 N–H and O–H groups in total. The lowest BCUT2D eigenvalue weighted by Crippen LogP contribution is -2.42. The predicted octanol–water partition coefficient (Wildman–Crippen LogP) is 19.5. The number of amides is 8. The molecule has 2 aliphatic heterocycles. The summed E-state index contributed by atoms with van der Waals surface area (Å²) in [4.78, 5) is 126. The number of anilines is 8. The third-order valence-corrected chi connectivity index (χ3v) is 21.4. The van der Waals surface area contributed by atoms with Gasteiger partial charge in [0.05, 0.1) is 110 Å². The lowest BCUT2D eigenvalue weighted by molar-refractivity contribution is 0.100. The molecule has 8 aromatic carbocycles. The van der Waals surface area contributed by atoms with E-state index in [1.807, 2.05) is 4.90 Å². The van der Waals surface area contributed by atoms with Crippen molar-refractivity contribution >= 4 is 209 Å². The molecule has 2 saturated heterocycles. The van der Waals surface area contributed by atoms with Crippen LogP contribution in [-0.4, -0.2) is 193 Å². The molecule has 0 unspecified atom stereocenters. The van der Waals surface area contributed by atoms with Gasteiger partial charge >= 0.3 is 0 Å². The Morgan fingerprint density at radius 2 is 0.537 bits per heavy atom. The van der Waals surface area contributed by atoms with Gasteiger partial charge in [0.1, 0.15) is 87.1 Å². The van der Waals surface area contributed by atoms with Gasteiger partial charge in [-0.2, -0.15) is 0 Å². The summed E-state index contributed by atoms with van der Waals surface area (Å²) < 4.78 is 65.6. The second-order valence-electron chi connectivity index (χ2n) is 29.4. The molecule has 43 heteroatoms. The van der Waals surface area contributed by atoms with E-state index in [2.05, 4.69) is 62.5 Å². The van der Waals surface area contributed by atoms with Crippen molar-refractivity contribution in [3.63, 3.8) is 0 Å². The standard InChI is InChI=1S/C24H20Cl2FN5O3.C23H18Cl2FN5O3.C23H20Cl2FN5O3.C23H21Cl2N5O3/c1-35-19-11-15(26)10-17(24(34)30-20-6-4-14(25)12-29-20)21(19)31-23(33)16-5-3-13(9-18(16)27)22(28)32-7-2-8-32;1-34-18-10-14(25)9-16(23(33)29-19-5-3-13(24)11-28-19)20(18)30-22(32)15-4-2-12(8-17(15)26)21(27)31-6-7-31;1-31(2)21(27)12-4-6-15(17(26)8-12)22(32)30-20-16(9-14(25)10-18(20)34-3)23(33)29-19-7-5-13(24)11-28-19;1-30(2)21(26)13-4-6-14(7-5-13)22(31)29-20-17(10-16(25)11-18(20)33-3)23(32)28-19-9-8-15(24)12-27-19/h3-6,9-12,28H,2,7-8H2,1H3,(H,31,33)(H,29,30,34);2-5,8-11,27H,6-7H2,1H3,(H,30,32)(H,28,29,33);4-11,27H,1-3H3,(H,30,32)(H,28,29,33);4-12,26H,1-3H3,(H,29,31)(H,27,28,32). The first-order valence-electron chi connectivity index (χ1n) is 40.0. The van der Waals surface area contributed by atoms with Gasteiger partial charge < -0.3 is 81.1 Å². The Labute approximate surface area is 815 Å². The number of carbonyl (C=O) groups is 8. The zero-order chi connectivity index (χ0) is 98.6. The van der Waals surface area contributed by atoms with E-state index < -0.39 is 64.7 Å². The Morgan fingerprint density at radius 3 is 0.779 bits per heavy atom. The third kappa shape index (κ3) is 26.4. The van der Waals surface area contributed by atoms with Crippen molar-refractivity contribution < 1.29 is 70.5 Å². The molecule has 4 aromatic heterocycles. The first kappa shape index (κ1) is 102. The van der Waals surface area contributed by atoms with Gasteiger partial charge in [-0.1, -0.05) is 123 Å². The monoisotopic (exact) mass is 2000 g/mol. The molecule has 136 heavy (non-hydrogen) atoms. The molecule has 0 spiro atoms. The number of hydrogen-bond acceptors (Lipinski definition) is 20. The minimum absolute atomic E-state index is 0.00340. The average Bonchev–Trinajstić information content (AvgIpc) is 1.19. The van der Waals surface area contributed by atoms with Gasteiger partial charge in [0.15, 0.2) is 0 Å². The zero-order valence-electron chi connectivity index (χ0n) is 72.7. The number of rotatable bonds is 24. The van der Waals surface area contributed by atoms with Crippen LogP contribution < -0.4 is 61.5 Å². The van der Waals surface area contributed by atoms with E-state index in [0.717, 1.165) is 50.8 Å². The molecule has 6 heterocycles. The lowest BCUT2D eigenvalue weighted by Gasteiger charge is -2.33. The average molecular weight is 2010 g/mol. The molecule has 0 radical (unpaired) electrons. The van der Waals surface area contributed by atoms with Crippen LogP contribution in [0.1, 0.15) is 112 Å². The summed E-state index contributed by atoms with van der Waals surface area (Å²) in [6, 6.07) is 41.7. The van der Waals surface area contributed by atoms with Crippen molar-refractivity contribution in [3.8, 4) is 23.0 Å². The predicted molar refractivity (Wildman–Crippen MR) is 521 cm³/mol. The summed E-state index contributed by atoms with van der Waals surface area (Å²) in [5.41, 5.74) is 1.44. The highest BCUT2D eigenvalue weighted by Crippen LogP contribution is 2.39. The van der Waals surface area contributed by atoms with E-state index >= 15 is 0 Å². The SMILES string of the molecule is COc1cc(Cl)cc(C(=O)Nc2ccc(Cl)cn2)c1NC(=O)c1ccc(C(=N)N(C)C)cc1.COc1cc(Cl)cc(C(=O)Nc2ccc(Cl)cn2)c1NC(=O)c1ccc(C(=N)N(C)C)cc1F.COc1cc(Cl)cc(C(=O)Nc2ccc(Cl)cn2)c1NC(=O)c1ccc(C(=N)N2CC2)cc1F.COc1cc(Cl)cc(C(=O)Nc2ccc(Cl)cn2)c1NC(=O)c1ccc(C(=N)N2CCC2)cc1F. The summed E-state index contributed by atoms with van der Waals surface area (Å²) in [5.74, 6) is -5.48. The second-order valence-corrected chi connectivity index (χ2v) is 32.9. The molecule has 2 fully saturated rings. The van der Waals surface area contributed by atoms with Crippen LogP contribution >= 0.6 is 92.8 Å². The van der Waals surface area contributed by atoms with E-state index in [-0.39, 0.29) is 146 Å². The van der Waals surface area contributed by atoms with Crippen LogP contribution in [0.5, 0.6) is 23.0 Å². The van der Waals surface area contributed by atoms with Crippen molar-refractivity contribution in [2.45, 2.75) is 6.42 Å². The number of halogens is 11. The normalized spacial score (nSPS) is 11.4. The summed E-state index contributed by atoms with van der Waals surface area (Å²) in [6.45, 7) is 2.98. The van der Waals surface area contributed by atoms with E-state index in [1.54, 1.807) is 92.6 Å². The minimum atomic E-state index is -0.828. The number of benzene rings is 8. The molecule has 700 valence electrons. The van der Waals surface area contributed by atoms with Crippen LogP contribution in [0.3, 0.4) is 0 Å². The van der Waals surface area contributed by atoms with Crippen LogP contribution in [-0.2, 0) is 0 Å². The largest absolute Gasteiger partial charge is 0.494 e. The Hall–Kier alpha value is -14.7. The van der Waals surface area contributed by atoms with Gasteiger partial charge in [0.25, 0.3) is 47.3 Å². The number of pyridine rings is 4. The van der Waals surface area contributed by atoms with Crippen LogP contribution in [0.25, 0.3) is 0 Å². The molecular weight excluding hydrogens is 1930 g/mol. The second kappa shape index (κ2) is 46.3. The fourth-order valence-electron chi connectivity index (χ4n) is 12.5. The van der Waals surface area contributed by atoms with Crippen molar-refractivity contribution in [1.82, 2.24) is 39.5 Å². The molecule has 14 rings (SSSR count). The zero-order valence-corrected chi connectivity index (χ0v) is 78.8. The minimum Gasteiger partial charge on any atom is -0.494 e. The Morgan fingerprint density at radius 1 is 0.294 bits per heavy atom. The first-order chi connectivity index (χ1) is 64.8. The highest BCUT2D eigenvalue weighted by atomic mass is 35.5. The number of hydrogen-bond donors (Lipinski definition) is 12. The smallest absolute Gasteiger partial charge is 0.259 e. The maximum absolute atomic E-state index is 14.8. The fourth-order valence-corrected chi connectivity index (χ4v) is 13.8. The molecule has 12 aromatic rings. The number of amidine groups is 4. The van der Waals surface area contributed by atoms with Gasteiger partial charge in [-0.05, 0) is 128 Å². The number of methoxy groups -OCH3 is 4. The van der Waals surface area contributed by atoms with E-state index in [1.165, 1.54) is 161 Å². The Kier molecular flexibility index (Phi) is 34.7. The number of aromatic nitrogens is 4. The lowest BCUT2D eigenvalue weighted by atomic mass is 10.1. The molecule has 2 aliphatic rings. The summed E-state index contributed by atoms with van der Waals surface area (Å²) >= 11 is 47.9. The van der Waals surface area contributed by atoms with Crippen molar-refractivity contribution in [2.75, 3.05) is 125 Å². The maximum Gasteiger partial charge on any atom is 0.259 e. The fraction of sp³-hybridized carbons (Fsp3) is 0.140. The van der Waals surface area contributed by atoms with Crippen molar-refractivity contribution in [2.24, 2.45) is 0 Å². The summed E-state index contributed by atoms with van der Waals surface area (Å²) in [7, 11) is 12.3. The number of carbonyl (C=O) groups excluding carboxylic acids is 8. The van der Waals surface area contributed by atoms with Crippen LogP contribution in [0, 0.1) is 39.1 Å². The van der Waals surface area contributed by atoms with Crippen molar-refractivity contribution in [3.05, 3.63) is 325 Å². The highest BCUT2D eigenvalue weighted by molar-refractivity contribution is 6.35. The van der Waals surface area contributed by atoms with Crippen LogP contribution in [0.4, 0.5) is 59.2 Å². The van der Waals surface area contributed by atoms with Gasteiger partial charge in [-0.3, -0.25) is 60.0 Å². The van der Waals surface area contributed by atoms with Crippen LogP contribution in [0.15, 0.2) is 201 Å². The summed E-state index contributed by atoms with van der Waals surface area (Å²) in [5, 5.41) is 55.4. The number of likely N-dealkylation sites (tertiary alicyclic amines) is 1. The van der Waals surface area contributed by atoms with Gasteiger partial charge in [-0.25, -0.2) is 33.1 Å². The molecular formula is C93H79Cl8F3N20O12. The number of nitrogens with zero attached hydrogens (tertiary/aromatic N) is 8. The van der Waals surface area contributed by atoms with Gasteiger partial charge in [0.2, 0.25) is 0 Å². The first-order valence-corrected chi connectivity index (χ1v) is 43.0. The van der Waals surface area contributed by atoms with E-state index in [9.17, 15) is 51.5 Å². The maximum atomic E-state index is 14.8. The quantitative estimate of drug-likeness (QED) is 0.0152. The number of nitrogens with one attached hydrogen (secondary N) is 12. The molecule has 0 saturated carbocycles. The number of ether oxygens (including phenoxy) is 4. The summed E-state index contributed by atoms with van der Waals surface area (Å²) in [6.07, 6.45) is 6.48. The molecule has 8 amide bonds. The van der Waals surface area contributed by atoms with Gasteiger partial charge in [0, 0.05) is 151 Å². The van der Waals surface area contributed by atoms with Gasteiger partial charge in [-0.15, -0.1) is 0 Å². The van der Waals surface area contributed by atoms with E-state index in [0.29, 0.717) is 53.7 Å². The topological polar surface area (TPSA) is 429 Å². The Bertz CT molecular complexity index is 6460. The van der Waals surface area contributed by atoms with Crippen LogP contribution in [0.2, 0.25) is 40.2 Å². The van der Waals surface area contributed by atoms with Crippen molar-refractivity contribution in [1.29, 1.82) is 21.6 Å².